The summed E-state index contributed by atoms with van der Waals surface area (Å²) in [5, 5.41) is 9.63. The van der Waals surface area contributed by atoms with E-state index in [-0.39, 0.29) is 17.6 Å². The molecule has 0 bridgehead atoms. The number of halogens is 2. The summed E-state index contributed by atoms with van der Waals surface area (Å²) >= 11 is 3.15. The molecule has 1 aromatic carbocycles. The number of β-amino-alcohol motifs (C(OH)–C–C–N with tert-alkyl or cyclic N) is 1. The Kier molecular flexibility index (Phi) is 5.16. The molecular weight excluding hydrogens is 325 g/mol. The van der Waals surface area contributed by atoms with Gasteiger partial charge in [0.25, 0.3) is 0 Å². The number of hydrogen-bond donors (Lipinski definition) is 1. The molecule has 0 spiro atoms. The van der Waals surface area contributed by atoms with Crippen LogP contribution >= 0.6 is 15.9 Å². The molecule has 2 atom stereocenters. The van der Waals surface area contributed by atoms with E-state index in [9.17, 15) is 14.3 Å². The maximum Gasteiger partial charge on any atom is 0.225 e. The van der Waals surface area contributed by atoms with Crippen molar-refractivity contribution < 1.29 is 14.3 Å². The standard InChI is InChI=1S/C15H19BrFNO2/c1-10(7-11-4-5-14(17)13(16)8-11)15(20)18-6-2-3-12(19)9-18/h4-5,8,10,12,19H,2-3,6-7,9H2,1H3. The van der Waals surface area contributed by atoms with E-state index in [0.717, 1.165) is 18.4 Å². The highest BCUT2D eigenvalue weighted by Gasteiger charge is 2.25. The van der Waals surface area contributed by atoms with Gasteiger partial charge in [-0.25, -0.2) is 4.39 Å². The number of likely N-dealkylation sites (tertiary alicyclic amines) is 1. The Balaban J connectivity index is 1.98. The van der Waals surface area contributed by atoms with E-state index in [1.165, 1.54) is 6.07 Å². The summed E-state index contributed by atoms with van der Waals surface area (Å²) in [5.74, 6) is -0.409. The van der Waals surface area contributed by atoms with Gasteiger partial charge in [-0.05, 0) is 52.9 Å². The molecule has 0 aromatic heterocycles. The Morgan fingerprint density at radius 2 is 2.35 bits per heavy atom. The zero-order valence-corrected chi connectivity index (χ0v) is 13.1. The third-order valence-corrected chi connectivity index (χ3v) is 4.26. The van der Waals surface area contributed by atoms with Crippen molar-refractivity contribution in [2.45, 2.75) is 32.3 Å². The molecule has 110 valence electrons. The Labute approximate surface area is 126 Å². The van der Waals surface area contributed by atoms with Gasteiger partial charge in [-0.2, -0.15) is 0 Å². The van der Waals surface area contributed by atoms with Crippen molar-refractivity contribution in [1.29, 1.82) is 0 Å². The number of nitrogens with zero attached hydrogens (tertiary/aromatic N) is 1. The molecule has 1 aromatic rings. The van der Waals surface area contributed by atoms with Crippen LogP contribution in [0.5, 0.6) is 0 Å². The molecule has 1 aliphatic heterocycles. The fourth-order valence-electron chi connectivity index (χ4n) is 2.57. The first-order chi connectivity index (χ1) is 9.47. The predicted molar refractivity (Wildman–Crippen MR) is 78.8 cm³/mol. The molecule has 1 aliphatic rings. The number of carbonyl (C=O) groups excluding carboxylic acids is 1. The topological polar surface area (TPSA) is 40.5 Å². The molecule has 5 heteroatoms. The lowest BCUT2D eigenvalue weighted by molar-refractivity contribution is -0.138. The number of benzene rings is 1. The molecule has 2 unspecified atom stereocenters. The third kappa shape index (κ3) is 3.79. The second-order valence-electron chi connectivity index (χ2n) is 5.43. The predicted octanol–water partition coefficient (Wildman–Crippen LogP) is 2.75. The molecule has 20 heavy (non-hydrogen) atoms. The number of rotatable bonds is 3. The van der Waals surface area contributed by atoms with Crippen LogP contribution in [-0.2, 0) is 11.2 Å². The summed E-state index contributed by atoms with van der Waals surface area (Å²) in [6.45, 7) is 3.02. The maximum absolute atomic E-state index is 13.2. The minimum absolute atomic E-state index is 0.0594. The second kappa shape index (κ2) is 6.68. The molecule has 1 fully saturated rings. The Morgan fingerprint density at radius 3 is 3.00 bits per heavy atom. The van der Waals surface area contributed by atoms with Gasteiger partial charge in [0.05, 0.1) is 10.6 Å². The van der Waals surface area contributed by atoms with Crippen molar-refractivity contribution in [3.8, 4) is 0 Å². The maximum atomic E-state index is 13.2. The van der Waals surface area contributed by atoms with Gasteiger partial charge in [0, 0.05) is 19.0 Å². The van der Waals surface area contributed by atoms with Crippen molar-refractivity contribution >= 4 is 21.8 Å². The van der Waals surface area contributed by atoms with Gasteiger partial charge in [0.2, 0.25) is 5.91 Å². The molecule has 0 saturated carbocycles. The molecule has 2 rings (SSSR count). The molecule has 1 amide bonds. The van der Waals surface area contributed by atoms with Crippen LogP contribution in [0.1, 0.15) is 25.3 Å². The first-order valence-corrected chi connectivity index (χ1v) is 7.67. The number of piperidine rings is 1. The van der Waals surface area contributed by atoms with Crippen molar-refractivity contribution in [2.24, 2.45) is 5.92 Å². The molecule has 1 heterocycles. The highest BCUT2D eigenvalue weighted by molar-refractivity contribution is 9.10. The van der Waals surface area contributed by atoms with E-state index in [1.54, 1.807) is 17.0 Å². The lowest BCUT2D eigenvalue weighted by Gasteiger charge is -2.32. The average Bonchev–Trinajstić information content (AvgIpc) is 2.42. The minimum Gasteiger partial charge on any atom is -0.391 e. The van der Waals surface area contributed by atoms with Crippen molar-refractivity contribution in [3.05, 3.63) is 34.1 Å². The highest BCUT2D eigenvalue weighted by atomic mass is 79.9. The first-order valence-electron chi connectivity index (χ1n) is 6.88. The molecule has 3 nitrogen and oxygen atoms in total. The second-order valence-corrected chi connectivity index (χ2v) is 6.29. The Hall–Kier alpha value is -0.940. The molecular formula is C15H19BrFNO2. The van der Waals surface area contributed by atoms with Crippen LogP contribution in [0.4, 0.5) is 4.39 Å². The van der Waals surface area contributed by atoms with E-state index >= 15 is 0 Å². The monoisotopic (exact) mass is 343 g/mol. The number of hydrogen-bond acceptors (Lipinski definition) is 2. The fourth-order valence-corrected chi connectivity index (χ4v) is 3.00. The summed E-state index contributed by atoms with van der Waals surface area (Å²) in [7, 11) is 0. The van der Waals surface area contributed by atoms with Crippen LogP contribution in [0.25, 0.3) is 0 Å². The molecule has 1 saturated heterocycles. The number of amides is 1. The van der Waals surface area contributed by atoms with Crippen molar-refractivity contribution in [3.63, 3.8) is 0 Å². The van der Waals surface area contributed by atoms with Crippen LogP contribution in [0.15, 0.2) is 22.7 Å². The smallest absolute Gasteiger partial charge is 0.225 e. The summed E-state index contributed by atoms with van der Waals surface area (Å²) in [5.41, 5.74) is 0.927. The van der Waals surface area contributed by atoms with Crippen LogP contribution < -0.4 is 0 Å². The SMILES string of the molecule is CC(Cc1ccc(F)c(Br)c1)C(=O)N1CCCC(O)C1. The quantitative estimate of drug-likeness (QED) is 0.916. The zero-order chi connectivity index (χ0) is 14.7. The zero-order valence-electron chi connectivity index (χ0n) is 11.5. The lowest BCUT2D eigenvalue weighted by atomic mass is 9.98. The number of aliphatic hydroxyl groups is 1. The minimum atomic E-state index is -0.403. The lowest BCUT2D eigenvalue weighted by Crippen LogP contribution is -2.44. The largest absolute Gasteiger partial charge is 0.391 e. The van der Waals surface area contributed by atoms with Crippen molar-refractivity contribution in [1.82, 2.24) is 4.90 Å². The van der Waals surface area contributed by atoms with Crippen LogP contribution in [0.2, 0.25) is 0 Å². The Bertz CT molecular complexity index is 495. The van der Waals surface area contributed by atoms with Crippen LogP contribution in [-0.4, -0.2) is 35.1 Å². The van der Waals surface area contributed by atoms with E-state index < -0.39 is 6.10 Å². The van der Waals surface area contributed by atoms with E-state index in [1.807, 2.05) is 6.92 Å². The van der Waals surface area contributed by atoms with Gasteiger partial charge in [0.15, 0.2) is 0 Å². The van der Waals surface area contributed by atoms with Crippen molar-refractivity contribution in [2.75, 3.05) is 13.1 Å². The van der Waals surface area contributed by atoms with E-state index in [0.29, 0.717) is 24.0 Å². The van der Waals surface area contributed by atoms with Crippen LogP contribution in [0, 0.1) is 11.7 Å². The Morgan fingerprint density at radius 1 is 1.60 bits per heavy atom. The van der Waals surface area contributed by atoms with E-state index in [4.69, 9.17) is 0 Å². The summed E-state index contributed by atoms with van der Waals surface area (Å²) in [6, 6.07) is 4.82. The summed E-state index contributed by atoms with van der Waals surface area (Å²) in [4.78, 5) is 14.1. The molecule has 1 N–H and O–H groups in total. The van der Waals surface area contributed by atoms with Gasteiger partial charge in [0.1, 0.15) is 5.82 Å². The van der Waals surface area contributed by atoms with Gasteiger partial charge in [-0.3, -0.25) is 4.79 Å². The van der Waals surface area contributed by atoms with E-state index in [2.05, 4.69) is 15.9 Å². The average molecular weight is 344 g/mol. The number of carbonyl (C=O) groups is 1. The van der Waals surface area contributed by atoms with Gasteiger partial charge < -0.3 is 10.0 Å². The summed E-state index contributed by atoms with van der Waals surface area (Å²) in [6.07, 6.45) is 1.79. The third-order valence-electron chi connectivity index (χ3n) is 3.66. The fraction of sp³-hybridized carbons (Fsp3) is 0.533. The van der Waals surface area contributed by atoms with Gasteiger partial charge in [-0.1, -0.05) is 13.0 Å². The van der Waals surface area contributed by atoms with Crippen LogP contribution in [0.3, 0.4) is 0 Å². The summed E-state index contributed by atoms with van der Waals surface area (Å²) < 4.78 is 13.6. The number of aliphatic hydroxyl groups excluding tert-OH is 1. The normalized spacial score (nSPS) is 20.8. The molecule has 0 aliphatic carbocycles. The molecule has 0 radical (unpaired) electrons. The first kappa shape index (κ1) is 15.4. The van der Waals surface area contributed by atoms with Gasteiger partial charge >= 0.3 is 0 Å². The van der Waals surface area contributed by atoms with Gasteiger partial charge in [-0.15, -0.1) is 0 Å². The highest BCUT2D eigenvalue weighted by Crippen LogP contribution is 2.20.